The molecule has 186 valence electrons. The molecule has 0 N–H and O–H groups in total. The first kappa shape index (κ1) is 25.4. The maximum atomic E-state index is 15.9. The number of allylic oxidation sites excluding steroid dienone is 1. The average molecular weight is 518 g/mol. The number of ketones is 1. The first-order valence-electron chi connectivity index (χ1n) is 10.9. The lowest BCUT2D eigenvalue weighted by Crippen LogP contribution is -2.52. The molecular weight excluding hydrogens is 492 g/mol. The molecule has 1 aromatic carbocycles. The fourth-order valence-electron chi connectivity index (χ4n) is 4.22. The maximum absolute atomic E-state index is 15.9. The second kappa shape index (κ2) is 10.1. The van der Waals surface area contributed by atoms with Gasteiger partial charge in [0.15, 0.2) is 17.7 Å². The zero-order valence-corrected chi connectivity index (χ0v) is 20.4. The van der Waals surface area contributed by atoms with Crippen molar-refractivity contribution in [2.75, 3.05) is 19.8 Å². The number of hydrogen-bond acceptors (Lipinski definition) is 8. The molecule has 1 aromatic rings. The Labute approximate surface area is 201 Å². The van der Waals surface area contributed by atoms with Gasteiger partial charge in [0.2, 0.25) is 5.91 Å². The van der Waals surface area contributed by atoms with Crippen LogP contribution in [0.15, 0.2) is 36.5 Å². The number of rotatable bonds is 7. The zero-order valence-electron chi connectivity index (χ0n) is 18.7. The summed E-state index contributed by atoms with van der Waals surface area (Å²) < 4.78 is 56.9. The number of alkyl halides is 1. The van der Waals surface area contributed by atoms with E-state index in [1.807, 2.05) is 0 Å². The lowest BCUT2D eigenvalue weighted by molar-refractivity contribution is -0.151. The highest BCUT2D eigenvalue weighted by Gasteiger charge is 2.59. The highest BCUT2D eigenvalue weighted by Crippen LogP contribution is 2.57. The molecule has 0 spiro atoms. The van der Waals surface area contributed by atoms with Gasteiger partial charge in [-0.25, -0.2) is 8.96 Å². The number of amides is 1. The summed E-state index contributed by atoms with van der Waals surface area (Å²) in [7, 11) is -4.00. The molecule has 6 atom stereocenters. The van der Waals surface area contributed by atoms with Crippen molar-refractivity contribution in [3.63, 3.8) is 0 Å². The monoisotopic (exact) mass is 517 g/mol. The van der Waals surface area contributed by atoms with Gasteiger partial charge in [0.25, 0.3) is 0 Å². The minimum atomic E-state index is -4.00. The van der Waals surface area contributed by atoms with Gasteiger partial charge in [-0.1, -0.05) is 23.7 Å². The summed E-state index contributed by atoms with van der Waals surface area (Å²) in [6, 6.07) is 6.98. The Bertz CT molecular complexity index is 1020. The molecule has 3 heterocycles. The van der Waals surface area contributed by atoms with E-state index < -0.39 is 43.9 Å². The number of nitrogens with zero attached hydrogens (tertiary/aromatic N) is 1. The van der Waals surface area contributed by atoms with Crippen LogP contribution in [-0.4, -0.2) is 60.5 Å². The molecule has 1 amide bonds. The highest BCUT2D eigenvalue weighted by molar-refractivity contribution is 7.48. The molecule has 0 radical (unpaired) electrons. The molecule has 34 heavy (non-hydrogen) atoms. The summed E-state index contributed by atoms with van der Waals surface area (Å²) in [5, 5.41) is 0.513. The van der Waals surface area contributed by atoms with Crippen LogP contribution in [0.5, 0.6) is 0 Å². The lowest BCUT2D eigenvalue weighted by Gasteiger charge is -2.33. The summed E-state index contributed by atoms with van der Waals surface area (Å²) in [5.41, 5.74) is -1.42. The zero-order chi connectivity index (χ0) is 24.5. The van der Waals surface area contributed by atoms with Crippen LogP contribution in [0, 0.1) is 0 Å². The van der Waals surface area contributed by atoms with Crippen molar-refractivity contribution in [2.45, 2.75) is 56.9 Å². The topological polar surface area (TPSA) is 101 Å². The summed E-state index contributed by atoms with van der Waals surface area (Å²) >= 11 is 6.05. The number of carbonyl (C=O) groups is 2. The van der Waals surface area contributed by atoms with Crippen molar-refractivity contribution < 1.29 is 41.6 Å². The number of phosphoric ester groups is 1. The second-order valence-electron chi connectivity index (χ2n) is 8.33. The number of carbonyl (C=O) groups excluding carboxylic acids is 2. The van der Waals surface area contributed by atoms with Crippen molar-refractivity contribution in [2.24, 2.45) is 0 Å². The minimum absolute atomic E-state index is 0.124. The molecule has 12 heteroatoms. The van der Waals surface area contributed by atoms with Gasteiger partial charge in [-0.3, -0.25) is 28.1 Å². The van der Waals surface area contributed by atoms with Crippen LogP contribution >= 0.6 is 19.4 Å². The average Bonchev–Trinajstić information content (AvgIpc) is 3.03. The van der Waals surface area contributed by atoms with E-state index in [4.69, 9.17) is 34.6 Å². The van der Waals surface area contributed by atoms with Crippen LogP contribution in [0.1, 0.15) is 38.4 Å². The molecule has 3 aliphatic heterocycles. The normalized spacial score (nSPS) is 36.3. The Balaban J connectivity index is 1.47. The van der Waals surface area contributed by atoms with E-state index in [-0.39, 0.29) is 32.0 Å². The van der Waals surface area contributed by atoms with Crippen LogP contribution in [-0.2, 0) is 37.2 Å². The molecule has 0 aromatic heterocycles. The summed E-state index contributed by atoms with van der Waals surface area (Å²) in [5.74, 6) is -0.964. The molecule has 3 aliphatic rings. The fraction of sp³-hybridized carbons (Fsp3) is 0.545. The van der Waals surface area contributed by atoms with Crippen LogP contribution in [0.2, 0.25) is 5.02 Å². The number of phosphoric acid groups is 1. The molecule has 0 saturated carbocycles. The lowest BCUT2D eigenvalue weighted by atomic mass is 9.97. The minimum Gasteiger partial charge on any atom is -0.372 e. The van der Waals surface area contributed by atoms with Crippen molar-refractivity contribution in [1.29, 1.82) is 0 Å². The molecule has 0 unspecified atom stereocenters. The van der Waals surface area contributed by atoms with E-state index in [0.717, 1.165) is 10.5 Å². The molecule has 0 bridgehead atoms. The Morgan fingerprint density at radius 2 is 2.15 bits per heavy atom. The smallest absolute Gasteiger partial charge is 0.372 e. The molecular formula is C22H26ClFNO8P. The molecule has 2 saturated heterocycles. The number of ether oxygens (including phenoxy) is 2. The largest absolute Gasteiger partial charge is 0.475 e. The second-order valence-corrected chi connectivity index (χ2v) is 10.4. The van der Waals surface area contributed by atoms with E-state index in [2.05, 4.69) is 0 Å². The van der Waals surface area contributed by atoms with Crippen molar-refractivity contribution >= 4 is 31.1 Å². The Hall–Kier alpha value is -1.65. The van der Waals surface area contributed by atoms with E-state index in [1.165, 1.54) is 19.2 Å². The number of hydrogen-bond donors (Lipinski definition) is 0. The van der Waals surface area contributed by atoms with E-state index in [1.54, 1.807) is 31.2 Å². The van der Waals surface area contributed by atoms with Crippen LogP contribution < -0.4 is 0 Å². The van der Waals surface area contributed by atoms with Gasteiger partial charge in [-0.2, -0.15) is 0 Å². The maximum Gasteiger partial charge on any atom is 0.475 e. The van der Waals surface area contributed by atoms with Crippen LogP contribution in [0.4, 0.5) is 4.39 Å². The molecule has 0 aliphatic carbocycles. The standard InChI is InChI=1S/C22H26ClFNO8P/c1-3-29-20-18(32-21(22(20,2)24)25-9-7-16(26)12-19(25)27)13-31-34(28)30-10-8-17(33-34)14-5-4-6-15(23)11-14/h4-7,9,11,17-18,20-21H,3,8,10,12-13H2,1-2H3/t17-,18+,20+,21+,22+,34+/m0/s1. The third-order valence-electron chi connectivity index (χ3n) is 5.82. The Morgan fingerprint density at radius 1 is 1.35 bits per heavy atom. The predicted molar refractivity (Wildman–Crippen MR) is 119 cm³/mol. The first-order chi connectivity index (χ1) is 16.1. The van der Waals surface area contributed by atoms with E-state index in [9.17, 15) is 14.2 Å². The molecule has 4 rings (SSSR count). The van der Waals surface area contributed by atoms with Crippen LogP contribution in [0.3, 0.4) is 0 Å². The van der Waals surface area contributed by atoms with Gasteiger partial charge in [0, 0.05) is 24.3 Å². The fourth-order valence-corrected chi connectivity index (χ4v) is 5.81. The van der Waals surface area contributed by atoms with Crippen molar-refractivity contribution in [3.8, 4) is 0 Å². The van der Waals surface area contributed by atoms with Crippen molar-refractivity contribution in [3.05, 3.63) is 47.1 Å². The van der Waals surface area contributed by atoms with Gasteiger partial charge >= 0.3 is 7.82 Å². The third kappa shape index (κ3) is 5.28. The molecule has 2 fully saturated rings. The summed E-state index contributed by atoms with van der Waals surface area (Å²) in [6.07, 6.45) is -1.62. The van der Waals surface area contributed by atoms with Crippen LogP contribution in [0.25, 0.3) is 0 Å². The van der Waals surface area contributed by atoms with Gasteiger partial charge in [0.1, 0.15) is 12.2 Å². The first-order valence-corrected chi connectivity index (χ1v) is 12.8. The van der Waals surface area contributed by atoms with Gasteiger partial charge in [-0.05, 0) is 37.6 Å². The number of benzene rings is 1. The quantitative estimate of drug-likeness (QED) is 0.393. The van der Waals surface area contributed by atoms with Gasteiger partial charge in [-0.15, -0.1) is 0 Å². The Morgan fingerprint density at radius 3 is 2.85 bits per heavy atom. The third-order valence-corrected chi connectivity index (χ3v) is 7.53. The van der Waals surface area contributed by atoms with E-state index >= 15 is 4.39 Å². The van der Waals surface area contributed by atoms with E-state index in [0.29, 0.717) is 11.4 Å². The SMILES string of the molecule is CCO[C@@H]1[C@@H](CO[P@@]2(=O)OCC[C@@H](c3cccc(Cl)c3)O2)O[C@@H](N2C=CC(=O)CC2=O)[C@]1(C)F. The predicted octanol–water partition coefficient (Wildman–Crippen LogP) is 4.12. The Kier molecular flexibility index (Phi) is 7.59. The number of halogens is 2. The van der Waals surface area contributed by atoms with Crippen molar-refractivity contribution in [1.82, 2.24) is 4.90 Å². The van der Waals surface area contributed by atoms with Gasteiger partial charge < -0.3 is 9.47 Å². The highest BCUT2D eigenvalue weighted by atomic mass is 35.5. The summed E-state index contributed by atoms with van der Waals surface area (Å²) in [6.45, 7) is 2.86. The summed E-state index contributed by atoms with van der Waals surface area (Å²) in [4.78, 5) is 24.9. The van der Waals surface area contributed by atoms with Gasteiger partial charge in [0.05, 0.1) is 25.7 Å². The molecule has 9 nitrogen and oxygen atoms in total.